The Labute approximate surface area is 135 Å². The summed E-state index contributed by atoms with van der Waals surface area (Å²) in [5, 5.41) is 7.08. The summed E-state index contributed by atoms with van der Waals surface area (Å²) >= 11 is 5.83. The van der Waals surface area contributed by atoms with Gasteiger partial charge in [-0.05, 0) is 43.9 Å². The highest BCUT2D eigenvalue weighted by Gasteiger charge is 2.14. The predicted octanol–water partition coefficient (Wildman–Crippen LogP) is 3.50. The van der Waals surface area contributed by atoms with Crippen LogP contribution in [-0.4, -0.2) is 17.5 Å². The molecule has 1 saturated carbocycles. The molecular formula is C16H20ClN3O2. The van der Waals surface area contributed by atoms with Gasteiger partial charge in [0.2, 0.25) is 0 Å². The van der Waals surface area contributed by atoms with E-state index in [0.29, 0.717) is 10.7 Å². The molecule has 0 bridgehead atoms. The first-order valence-corrected chi connectivity index (χ1v) is 7.95. The van der Waals surface area contributed by atoms with Crippen molar-refractivity contribution in [3.8, 4) is 0 Å². The number of hydrogen-bond acceptors (Lipinski definition) is 3. The molecule has 0 unspecified atom stereocenters. The Kier molecular flexibility index (Phi) is 6.40. The first-order valence-electron chi connectivity index (χ1n) is 7.57. The van der Waals surface area contributed by atoms with E-state index >= 15 is 0 Å². The van der Waals surface area contributed by atoms with Crippen LogP contribution >= 0.6 is 11.6 Å². The van der Waals surface area contributed by atoms with Gasteiger partial charge in [-0.25, -0.2) is 5.43 Å². The van der Waals surface area contributed by atoms with E-state index in [2.05, 4.69) is 15.8 Å². The van der Waals surface area contributed by atoms with Gasteiger partial charge in [-0.3, -0.25) is 9.59 Å². The highest BCUT2D eigenvalue weighted by molar-refractivity contribution is 6.39. The van der Waals surface area contributed by atoms with E-state index in [9.17, 15) is 9.59 Å². The van der Waals surface area contributed by atoms with Crippen molar-refractivity contribution in [2.45, 2.75) is 44.9 Å². The number of carbonyl (C=O) groups excluding carboxylic acids is 2. The standard InChI is InChI=1S/C16H20ClN3O2/c17-12-7-6-10-14(11-12)18-15(21)16(22)20-19-13-8-4-2-1-3-5-9-13/h6-7,10-11H,1-5,8-9H2,(H,18,21)(H,20,22). The van der Waals surface area contributed by atoms with Gasteiger partial charge in [0.1, 0.15) is 0 Å². The normalized spacial score (nSPS) is 15.4. The Morgan fingerprint density at radius 3 is 2.36 bits per heavy atom. The van der Waals surface area contributed by atoms with Gasteiger partial charge >= 0.3 is 11.8 Å². The van der Waals surface area contributed by atoms with E-state index in [1.807, 2.05) is 0 Å². The van der Waals surface area contributed by atoms with Crippen molar-refractivity contribution in [1.29, 1.82) is 0 Å². The SMILES string of the molecule is O=C(NN=C1CCCCCCC1)C(=O)Nc1cccc(Cl)c1. The Morgan fingerprint density at radius 2 is 1.68 bits per heavy atom. The van der Waals surface area contributed by atoms with Crippen LogP contribution in [0, 0.1) is 0 Å². The average Bonchev–Trinajstić information content (AvgIpc) is 2.45. The molecule has 1 aliphatic rings. The number of halogens is 1. The molecule has 1 aromatic carbocycles. The van der Waals surface area contributed by atoms with Crippen LogP contribution < -0.4 is 10.7 Å². The summed E-state index contributed by atoms with van der Waals surface area (Å²) in [5.74, 6) is -1.52. The van der Waals surface area contributed by atoms with Crippen LogP contribution in [0.25, 0.3) is 0 Å². The third-order valence-electron chi connectivity index (χ3n) is 3.53. The molecule has 5 nitrogen and oxygen atoms in total. The lowest BCUT2D eigenvalue weighted by atomic mass is 9.99. The Balaban J connectivity index is 1.86. The highest BCUT2D eigenvalue weighted by Crippen LogP contribution is 2.15. The van der Waals surface area contributed by atoms with Crippen LogP contribution in [0.4, 0.5) is 5.69 Å². The van der Waals surface area contributed by atoms with Crippen molar-refractivity contribution in [2.24, 2.45) is 5.10 Å². The molecule has 0 heterocycles. The lowest BCUT2D eigenvalue weighted by molar-refractivity contribution is -0.136. The summed E-state index contributed by atoms with van der Waals surface area (Å²) < 4.78 is 0. The van der Waals surface area contributed by atoms with Crippen molar-refractivity contribution < 1.29 is 9.59 Å². The van der Waals surface area contributed by atoms with Gasteiger partial charge in [0.15, 0.2) is 0 Å². The van der Waals surface area contributed by atoms with E-state index in [-0.39, 0.29) is 0 Å². The minimum Gasteiger partial charge on any atom is -0.318 e. The topological polar surface area (TPSA) is 70.6 Å². The number of anilines is 1. The quantitative estimate of drug-likeness (QED) is 0.646. The third-order valence-corrected chi connectivity index (χ3v) is 3.77. The van der Waals surface area contributed by atoms with E-state index in [0.717, 1.165) is 31.4 Å². The maximum Gasteiger partial charge on any atom is 0.329 e. The zero-order chi connectivity index (χ0) is 15.8. The number of hydrogen-bond donors (Lipinski definition) is 2. The summed E-state index contributed by atoms with van der Waals surface area (Å²) in [4.78, 5) is 23.5. The Hall–Kier alpha value is -1.88. The summed E-state index contributed by atoms with van der Waals surface area (Å²) in [5.41, 5.74) is 3.78. The lowest BCUT2D eigenvalue weighted by Crippen LogP contribution is -2.33. The summed E-state index contributed by atoms with van der Waals surface area (Å²) in [6.45, 7) is 0. The minimum atomic E-state index is -0.769. The molecule has 0 atom stereocenters. The summed E-state index contributed by atoms with van der Waals surface area (Å²) in [6.07, 6.45) is 7.60. The smallest absolute Gasteiger partial charge is 0.318 e. The Morgan fingerprint density at radius 1 is 1.00 bits per heavy atom. The first kappa shape index (κ1) is 16.5. The second-order valence-electron chi connectivity index (χ2n) is 5.35. The molecule has 0 radical (unpaired) electrons. The third kappa shape index (κ3) is 5.48. The number of hydrazone groups is 1. The van der Waals surface area contributed by atoms with Crippen LogP contribution in [-0.2, 0) is 9.59 Å². The van der Waals surface area contributed by atoms with Gasteiger partial charge in [0, 0.05) is 16.4 Å². The Bertz CT molecular complexity index is 562. The molecule has 2 amide bonds. The van der Waals surface area contributed by atoms with Gasteiger partial charge in [0.25, 0.3) is 0 Å². The molecular weight excluding hydrogens is 302 g/mol. The largest absolute Gasteiger partial charge is 0.329 e. The van der Waals surface area contributed by atoms with E-state index < -0.39 is 11.8 Å². The molecule has 0 aromatic heterocycles. The first-order chi connectivity index (χ1) is 10.6. The lowest BCUT2D eigenvalue weighted by Gasteiger charge is -2.11. The van der Waals surface area contributed by atoms with Crippen LogP contribution in [0.2, 0.25) is 5.02 Å². The van der Waals surface area contributed by atoms with Gasteiger partial charge in [0.05, 0.1) is 0 Å². The number of nitrogens with zero attached hydrogens (tertiary/aromatic N) is 1. The number of benzene rings is 1. The summed E-state index contributed by atoms with van der Waals surface area (Å²) in [6, 6.07) is 6.63. The van der Waals surface area contributed by atoms with Crippen molar-refractivity contribution >= 4 is 34.8 Å². The van der Waals surface area contributed by atoms with Crippen molar-refractivity contribution in [3.05, 3.63) is 29.3 Å². The molecule has 1 aliphatic carbocycles. The zero-order valence-electron chi connectivity index (χ0n) is 12.4. The van der Waals surface area contributed by atoms with Crippen LogP contribution in [0.1, 0.15) is 44.9 Å². The second kappa shape index (κ2) is 8.54. The summed E-state index contributed by atoms with van der Waals surface area (Å²) in [7, 11) is 0. The fraction of sp³-hybridized carbons (Fsp3) is 0.438. The average molecular weight is 322 g/mol. The number of rotatable bonds is 2. The van der Waals surface area contributed by atoms with E-state index in [1.54, 1.807) is 24.3 Å². The number of amides is 2. The molecule has 2 rings (SSSR count). The van der Waals surface area contributed by atoms with E-state index in [1.165, 1.54) is 19.3 Å². The molecule has 1 aromatic rings. The second-order valence-corrected chi connectivity index (χ2v) is 5.79. The molecule has 22 heavy (non-hydrogen) atoms. The van der Waals surface area contributed by atoms with Crippen LogP contribution in [0.15, 0.2) is 29.4 Å². The van der Waals surface area contributed by atoms with Crippen molar-refractivity contribution in [3.63, 3.8) is 0 Å². The zero-order valence-corrected chi connectivity index (χ0v) is 13.2. The van der Waals surface area contributed by atoms with E-state index in [4.69, 9.17) is 11.6 Å². The monoisotopic (exact) mass is 321 g/mol. The van der Waals surface area contributed by atoms with Crippen molar-refractivity contribution in [2.75, 3.05) is 5.32 Å². The van der Waals surface area contributed by atoms with Gasteiger partial charge in [-0.2, -0.15) is 5.10 Å². The fourth-order valence-electron chi connectivity index (χ4n) is 2.36. The number of nitrogens with one attached hydrogen (secondary N) is 2. The molecule has 6 heteroatoms. The molecule has 0 saturated heterocycles. The maximum absolute atomic E-state index is 11.8. The number of carbonyl (C=O) groups is 2. The van der Waals surface area contributed by atoms with Crippen LogP contribution in [0.3, 0.4) is 0 Å². The fourth-order valence-corrected chi connectivity index (χ4v) is 2.55. The molecule has 118 valence electrons. The van der Waals surface area contributed by atoms with Gasteiger partial charge < -0.3 is 5.32 Å². The van der Waals surface area contributed by atoms with Crippen molar-refractivity contribution in [1.82, 2.24) is 5.43 Å². The highest BCUT2D eigenvalue weighted by atomic mass is 35.5. The predicted molar refractivity (Wildman–Crippen MR) is 88.0 cm³/mol. The maximum atomic E-state index is 11.8. The molecule has 0 aliphatic heterocycles. The molecule has 1 fully saturated rings. The van der Waals surface area contributed by atoms with Gasteiger partial charge in [-0.15, -0.1) is 0 Å². The molecule has 0 spiro atoms. The van der Waals surface area contributed by atoms with Gasteiger partial charge in [-0.1, -0.05) is 36.9 Å². The van der Waals surface area contributed by atoms with Crippen LogP contribution in [0.5, 0.6) is 0 Å². The minimum absolute atomic E-state index is 0.478. The molecule has 2 N–H and O–H groups in total.